The average Bonchev–Trinajstić information content (AvgIpc) is 2.34. The van der Waals surface area contributed by atoms with Crippen LogP contribution < -0.4 is 10.5 Å². The van der Waals surface area contributed by atoms with Crippen LogP contribution in [0, 0.1) is 0 Å². The molecule has 0 bridgehead atoms. The molecule has 1 atom stereocenters. The lowest BCUT2D eigenvalue weighted by Gasteiger charge is -2.12. The van der Waals surface area contributed by atoms with Crippen LogP contribution in [0.15, 0.2) is 40.9 Å². The van der Waals surface area contributed by atoms with E-state index >= 15 is 0 Å². The first kappa shape index (κ1) is 14.7. The van der Waals surface area contributed by atoms with E-state index in [1.165, 1.54) is 0 Å². The van der Waals surface area contributed by atoms with Crippen molar-refractivity contribution in [3.63, 3.8) is 0 Å². The summed E-state index contributed by atoms with van der Waals surface area (Å²) in [6.07, 6.45) is 0. The third kappa shape index (κ3) is 3.63. The number of hydrogen-bond donors (Lipinski definition) is 1. The number of rotatable bonds is 3. The fourth-order valence-corrected chi connectivity index (χ4v) is 2.50. The minimum atomic E-state index is -0.0668. The summed E-state index contributed by atoms with van der Waals surface area (Å²) in [5, 5.41) is 1.02. The molecule has 2 nitrogen and oxygen atoms in total. The summed E-state index contributed by atoms with van der Waals surface area (Å²) in [7, 11) is 0. The van der Waals surface area contributed by atoms with Crippen molar-refractivity contribution in [3.8, 4) is 11.5 Å². The van der Waals surface area contributed by atoms with Gasteiger partial charge in [-0.25, -0.2) is 0 Å². The summed E-state index contributed by atoms with van der Waals surface area (Å²) in [6.45, 7) is 1.90. The van der Waals surface area contributed by atoms with Crippen molar-refractivity contribution in [2.45, 2.75) is 13.0 Å². The molecular weight excluding hydrogens is 349 g/mol. The molecule has 0 spiro atoms. The minimum Gasteiger partial charge on any atom is -0.454 e. The SMILES string of the molecule is C[C@H](N)c1ccc(Oc2ccc(Br)cc2Cl)c(Cl)c1. The Balaban J connectivity index is 2.28. The number of hydrogen-bond acceptors (Lipinski definition) is 2. The molecule has 0 fully saturated rings. The van der Waals surface area contributed by atoms with E-state index in [9.17, 15) is 0 Å². The Kier molecular flexibility index (Phi) is 4.74. The van der Waals surface area contributed by atoms with Crippen LogP contribution in [-0.4, -0.2) is 0 Å². The maximum atomic E-state index is 6.17. The first-order chi connectivity index (χ1) is 8.97. The molecule has 100 valence electrons. The Hall–Kier alpha value is -0.740. The highest BCUT2D eigenvalue weighted by atomic mass is 79.9. The summed E-state index contributed by atoms with van der Waals surface area (Å²) < 4.78 is 6.60. The zero-order valence-electron chi connectivity index (χ0n) is 10.2. The molecular formula is C14H12BrCl2NO. The molecule has 2 N–H and O–H groups in total. The van der Waals surface area contributed by atoms with Gasteiger partial charge in [0.2, 0.25) is 0 Å². The van der Waals surface area contributed by atoms with E-state index in [0.29, 0.717) is 21.5 Å². The zero-order valence-corrected chi connectivity index (χ0v) is 13.3. The normalized spacial score (nSPS) is 12.3. The molecule has 2 aromatic rings. The van der Waals surface area contributed by atoms with Crippen LogP contribution in [0.25, 0.3) is 0 Å². The third-order valence-electron chi connectivity index (χ3n) is 2.60. The van der Waals surface area contributed by atoms with Crippen LogP contribution in [0.3, 0.4) is 0 Å². The second-order valence-corrected chi connectivity index (χ2v) is 5.89. The van der Waals surface area contributed by atoms with Gasteiger partial charge in [0.05, 0.1) is 10.0 Å². The van der Waals surface area contributed by atoms with Crippen molar-refractivity contribution in [2.75, 3.05) is 0 Å². The number of ether oxygens (including phenoxy) is 1. The standard InChI is InChI=1S/C14H12BrCl2NO/c1-8(18)9-2-4-13(11(16)6-9)19-14-5-3-10(15)7-12(14)17/h2-8H,18H2,1H3/t8-/m0/s1. The second kappa shape index (κ2) is 6.14. The van der Waals surface area contributed by atoms with Gasteiger partial charge in [0.1, 0.15) is 11.5 Å². The monoisotopic (exact) mass is 359 g/mol. The van der Waals surface area contributed by atoms with Gasteiger partial charge < -0.3 is 10.5 Å². The lowest BCUT2D eigenvalue weighted by molar-refractivity contribution is 0.482. The van der Waals surface area contributed by atoms with Crippen LogP contribution in [0.1, 0.15) is 18.5 Å². The van der Waals surface area contributed by atoms with Crippen molar-refractivity contribution in [2.24, 2.45) is 5.73 Å². The fraction of sp³-hybridized carbons (Fsp3) is 0.143. The lowest BCUT2D eigenvalue weighted by Crippen LogP contribution is -2.04. The number of nitrogens with two attached hydrogens (primary N) is 1. The summed E-state index contributed by atoms with van der Waals surface area (Å²) >= 11 is 15.6. The average molecular weight is 361 g/mol. The highest BCUT2D eigenvalue weighted by molar-refractivity contribution is 9.10. The lowest BCUT2D eigenvalue weighted by atomic mass is 10.1. The van der Waals surface area contributed by atoms with E-state index in [1.54, 1.807) is 24.3 Å². The van der Waals surface area contributed by atoms with Crippen LogP contribution in [-0.2, 0) is 0 Å². The molecule has 0 aliphatic heterocycles. The van der Waals surface area contributed by atoms with E-state index in [4.69, 9.17) is 33.7 Å². The van der Waals surface area contributed by atoms with E-state index in [-0.39, 0.29) is 6.04 Å². The molecule has 0 unspecified atom stereocenters. The van der Waals surface area contributed by atoms with Gasteiger partial charge in [-0.1, -0.05) is 45.2 Å². The molecule has 5 heteroatoms. The fourth-order valence-electron chi connectivity index (χ4n) is 1.56. The quantitative estimate of drug-likeness (QED) is 0.776. The molecule has 0 radical (unpaired) electrons. The van der Waals surface area contributed by atoms with Crippen molar-refractivity contribution < 1.29 is 4.74 Å². The Morgan fingerprint density at radius 2 is 1.63 bits per heavy atom. The van der Waals surface area contributed by atoms with Gasteiger partial charge in [0, 0.05) is 10.5 Å². The van der Waals surface area contributed by atoms with Crippen molar-refractivity contribution in [1.29, 1.82) is 0 Å². The molecule has 0 saturated heterocycles. The van der Waals surface area contributed by atoms with Crippen LogP contribution in [0.5, 0.6) is 11.5 Å². The summed E-state index contributed by atoms with van der Waals surface area (Å²) in [4.78, 5) is 0. The van der Waals surface area contributed by atoms with Crippen molar-refractivity contribution in [3.05, 3.63) is 56.5 Å². The van der Waals surface area contributed by atoms with Gasteiger partial charge in [-0.05, 0) is 42.8 Å². The zero-order chi connectivity index (χ0) is 14.0. The van der Waals surface area contributed by atoms with Crippen LogP contribution in [0.2, 0.25) is 10.0 Å². The van der Waals surface area contributed by atoms with Crippen molar-refractivity contribution in [1.82, 2.24) is 0 Å². The van der Waals surface area contributed by atoms with Gasteiger partial charge in [-0.3, -0.25) is 0 Å². The number of benzene rings is 2. The van der Waals surface area contributed by atoms with Gasteiger partial charge in [0.15, 0.2) is 0 Å². The second-order valence-electron chi connectivity index (χ2n) is 4.16. The maximum absolute atomic E-state index is 6.17. The smallest absolute Gasteiger partial charge is 0.146 e. The summed E-state index contributed by atoms with van der Waals surface area (Å²) in [5.74, 6) is 1.11. The highest BCUT2D eigenvalue weighted by Gasteiger charge is 2.09. The Bertz CT molecular complexity index is 602. The molecule has 0 amide bonds. The predicted molar refractivity (Wildman–Crippen MR) is 83.3 cm³/mol. The number of halogens is 3. The van der Waals surface area contributed by atoms with Crippen molar-refractivity contribution >= 4 is 39.1 Å². The predicted octanol–water partition coefficient (Wildman–Crippen LogP) is 5.57. The Morgan fingerprint density at radius 3 is 2.16 bits per heavy atom. The highest BCUT2D eigenvalue weighted by Crippen LogP contribution is 2.35. The van der Waals surface area contributed by atoms with Gasteiger partial charge >= 0.3 is 0 Å². The van der Waals surface area contributed by atoms with Crippen LogP contribution >= 0.6 is 39.1 Å². The molecule has 19 heavy (non-hydrogen) atoms. The first-order valence-electron chi connectivity index (χ1n) is 5.65. The van der Waals surface area contributed by atoms with Gasteiger partial charge in [-0.15, -0.1) is 0 Å². The molecule has 2 aromatic carbocycles. The summed E-state index contributed by atoms with van der Waals surface area (Å²) in [6, 6.07) is 10.8. The molecule has 0 aliphatic rings. The maximum Gasteiger partial charge on any atom is 0.146 e. The largest absolute Gasteiger partial charge is 0.454 e. The van der Waals surface area contributed by atoms with E-state index in [2.05, 4.69) is 15.9 Å². The first-order valence-corrected chi connectivity index (χ1v) is 7.20. The Labute approximate surface area is 130 Å². The topological polar surface area (TPSA) is 35.2 Å². The van der Waals surface area contributed by atoms with Gasteiger partial charge in [-0.2, -0.15) is 0 Å². The van der Waals surface area contributed by atoms with Gasteiger partial charge in [0.25, 0.3) is 0 Å². The molecule has 2 rings (SSSR count). The molecule has 0 heterocycles. The van der Waals surface area contributed by atoms with E-state index in [0.717, 1.165) is 10.0 Å². The molecule has 0 saturated carbocycles. The third-order valence-corrected chi connectivity index (χ3v) is 3.68. The summed E-state index contributed by atoms with van der Waals surface area (Å²) in [5.41, 5.74) is 6.76. The van der Waals surface area contributed by atoms with Crippen LogP contribution in [0.4, 0.5) is 0 Å². The molecule has 0 aliphatic carbocycles. The Morgan fingerprint density at radius 1 is 1.05 bits per heavy atom. The van der Waals surface area contributed by atoms with E-state index in [1.807, 2.05) is 19.1 Å². The van der Waals surface area contributed by atoms with E-state index < -0.39 is 0 Å². The minimum absolute atomic E-state index is 0.0668. The molecule has 0 aromatic heterocycles.